The molecule has 7 rings (SSSR count). The number of ether oxygens (including phenoxy) is 1. The number of halogens is 2. The Hall–Kier alpha value is -5.36. The number of Topliss-reactive ketones (excluding diaryl/α,β-unsaturated/α-hetero) is 1. The molecule has 19 heteroatoms. The number of nitrogens with one attached hydrogen (secondary N) is 1. The number of nitrogen functional groups attached to an aromatic ring is 2. The van der Waals surface area contributed by atoms with E-state index in [-0.39, 0.29) is 63.1 Å². The van der Waals surface area contributed by atoms with Gasteiger partial charge >= 0.3 is 0 Å². The molecule has 1 amide bonds. The van der Waals surface area contributed by atoms with Crippen molar-refractivity contribution in [3.63, 3.8) is 0 Å². The Kier molecular flexibility index (Phi) is 15.2. The number of nitrogens with two attached hydrogens (primary N) is 2. The van der Waals surface area contributed by atoms with Gasteiger partial charge in [0.15, 0.2) is 15.8 Å². The first-order chi connectivity index (χ1) is 30.3. The monoisotopic (exact) mass is 960 g/mol. The summed E-state index contributed by atoms with van der Waals surface area (Å²) in [6.45, 7) is 10.9. The van der Waals surface area contributed by atoms with E-state index in [1.54, 1.807) is 18.2 Å². The van der Waals surface area contributed by atoms with E-state index in [1.165, 1.54) is 48.5 Å². The summed E-state index contributed by atoms with van der Waals surface area (Å²) in [6.07, 6.45) is 4.78. The van der Waals surface area contributed by atoms with E-state index < -0.39 is 37.3 Å². The van der Waals surface area contributed by atoms with E-state index >= 15 is 0 Å². The fraction of sp³-hybridized carbons (Fsp3) is 0.378. The molecule has 1 saturated carbocycles. The lowest BCUT2D eigenvalue weighted by atomic mass is 9.86. The number of hydrogen-bond donors (Lipinski definition) is 3. The first-order valence-corrected chi connectivity index (χ1v) is 24.9. The fourth-order valence-electron chi connectivity index (χ4n) is 8.24. The van der Waals surface area contributed by atoms with E-state index in [0.29, 0.717) is 46.4 Å². The average Bonchev–Trinajstić information content (AvgIpc) is 3.77. The predicted octanol–water partition coefficient (Wildman–Crippen LogP) is 9.41. The van der Waals surface area contributed by atoms with E-state index in [0.717, 1.165) is 37.7 Å². The first kappa shape index (κ1) is 48.1. The second-order valence-corrected chi connectivity index (χ2v) is 20.6. The van der Waals surface area contributed by atoms with Crippen molar-refractivity contribution in [3.8, 4) is 17.0 Å². The van der Waals surface area contributed by atoms with E-state index in [2.05, 4.69) is 52.3 Å². The van der Waals surface area contributed by atoms with Gasteiger partial charge < -0.3 is 21.1 Å². The van der Waals surface area contributed by atoms with Crippen molar-refractivity contribution in [3.05, 3.63) is 106 Å². The van der Waals surface area contributed by atoms with Crippen LogP contribution in [0.2, 0.25) is 10.2 Å². The maximum Gasteiger partial charge on any atom is 0.281 e. The van der Waals surface area contributed by atoms with Crippen molar-refractivity contribution < 1.29 is 38.3 Å². The van der Waals surface area contributed by atoms with Gasteiger partial charge in [0.05, 0.1) is 34.1 Å². The van der Waals surface area contributed by atoms with Crippen molar-refractivity contribution in [2.75, 3.05) is 28.7 Å². The summed E-state index contributed by atoms with van der Waals surface area (Å²) in [5, 5.41) is 0.233. The van der Waals surface area contributed by atoms with Crippen LogP contribution in [0.25, 0.3) is 11.3 Å². The number of carbonyl (C=O) groups is 2. The summed E-state index contributed by atoms with van der Waals surface area (Å²) in [5.41, 5.74) is 13.6. The van der Waals surface area contributed by atoms with Gasteiger partial charge in [0.25, 0.3) is 15.9 Å². The maximum absolute atomic E-state index is 13.4. The molecule has 2 aliphatic rings. The van der Waals surface area contributed by atoms with Gasteiger partial charge in [0.1, 0.15) is 34.1 Å². The quantitative estimate of drug-likeness (QED) is 0.0737. The molecule has 0 radical (unpaired) electrons. The lowest BCUT2D eigenvalue weighted by Gasteiger charge is -2.29. The number of nitrogens with zero attached hydrogens (tertiary/aromatic N) is 5. The summed E-state index contributed by atoms with van der Waals surface area (Å²) in [6, 6.07) is 20.6. The smallest absolute Gasteiger partial charge is 0.281 e. The van der Waals surface area contributed by atoms with Crippen molar-refractivity contribution in [2.45, 2.75) is 94.8 Å². The summed E-state index contributed by atoms with van der Waals surface area (Å²) in [7, 11) is -8.16. The minimum Gasteiger partial charge on any atom is -0.492 e. The van der Waals surface area contributed by atoms with Crippen LogP contribution in [0.4, 0.5) is 17.5 Å². The van der Waals surface area contributed by atoms with Gasteiger partial charge in [-0.15, -0.1) is 0 Å². The SMILES string of the molecule is CCCOc1cc(-c2ccc(C(=O)CS(=O)(=O)c3cccc(N)n3)c(N3[C@H](C)CC[C@@H]3C)n2)ccc1Cl.C[C@@H]1CC[C@H](C)C1c1nc(Cl)ccc1C(=O)NS(=O)(=O)c1cccc(N)n1.[HH].[HH].[HH].[HH].[HH]. The van der Waals surface area contributed by atoms with Crippen LogP contribution in [0.1, 0.15) is 106 Å². The minimum atomic E-state index is -4.16. The van der Waals surface area contributed by atoms with Gasteiger partial charge in [-0.25, -0.2) is 33.1 Å². The van der Waals surface area contributed by atoms with Crippen molar-refractivity contribution >= 4 is 72.2 Å². The second kappa shape index (κ2) is 20.2. The molecular formula is C45H62Cl2N8O7S2. The molecule has 5 aromatic rings. The molecule has 1 aliphatic heterocycles. The third-order valence-corrected chi connectivity index (χ3v) is 14.7. The molecule has 1 unspecified atom stereocenters. The van der Waals surface area contributed by atoms with Gasteiger partial charge in [-0.2, -0.15) is 8.42 Å². The molecule has 0 spiro atoms. The van der Waals surface area contributed by atoms with Crippen LogP contribution in [-0.2, 0) is 19.9 Å². The van der Waals surface area contributed by atoms with Crippen molar-refractivity contribution in [1.82, 2.24) is 24.7 Å². The largest absolute Gasteiger partial charge is 0.492 e. The minimum absolute atomic E-state index is 0. The Balaban J connectivity index is 0.000000669. The molecular weight excluding hydrogens is 900 g/mol. The summed E-state index contributed by atoms with van der Waals surface area (Å²) >= 11 is 12.4. The number of rotatable bonds is 13. The number of carbonyl (C=O) groups excluding carboxylic acids is 2. The number of amides is 1. The molecule has 1 saturated heterocycles. The van der Waals surface area contributed by atoms with Gasteiger partial charge in [-0.05, 0) is 118 Å². The zero-order chi connectivity index (χ0) is 46.5. The highest BCUT2D eigenvalue weighted by Gasteiger charge is 2.37. The normalized spacial score (nSPS) is 19.7. The zero-order valence-electron chi connectivity index (χ0n) is 36.2. The van der Waals surface area contributed by atoms with Crippen molar-refractivity contribution in [2.24, 2.45) is 11.8 Å². The predicted molar refractivity (Wildman–Crippen MR) is 260 cm³/mol. The second-order valence-electron chi connectivity index (χ2n) is 16.3. The Morgan fingerprint density at radius 3 is 2.02 bits per heavy atom. The molecule has 15 nitrogen and oxygen atoms in total. The highest BCUT2D eigenvalue weighted by atomic mass is 35.5. The third kappa shape index (κ3) is 11.1. The van der Waals surface area contributed by atoms with Crippen LogP contribution in [0.5, 0.6) is 5.75 Å². The number of ketones is 1. The molecule has 2 fully saturated rings. The summed E-state index contributed by atoms with van der Waals surface area (Å²) in [4.78, 5) is 45.2. The molecule has 4 aromatic heterocycles. The summed E-state index contributed by atoms with van der Waals surface area (Å²) < 4.78 is 58.8. The van der Waals surface area contributed by atoms with Gasteiger partial charge in [-0.1, -0.05) is 62.2 Å². The number of benzene rings is 1. The molecule has 1 aromatic carbocycles. The highest BCUT2D eigenvalue weighted by molar-refractivity contribution is 7.92. The number of anilines is 3. The van der Waals surface area contributed by atoms with Crippen LogP contribution in [-0.4, -0.2) is 72.9 Å². The van der Waals surface area contributed by atoms with Crippen LogP contribution in [0, 0.1) is 11.8 Å². The molecule has 5 N–H and O–H groups in total. The average molecular weight is 962 g/mol. The lowest BCUT2D eigenvalue weighted by Crippen LogP contribution is -2.35. The zero-order valence-corrected chi connectivity index (χ0v) is 39.3. The Morgan fingerprint density at radius 2 is 1.39 bits per heavy atom. The number of pyridine rings is 4. The topological polar surface area (TPSA) is 231 Å². The van der Waals surface area contributed by atoms with Gasteiger partial charge in [0, 0.05) is 30.7 Å². The standard InChI is InChI=1S/C27H31ClN4O4S.C18H21ClN4O3S.5H2/c1-4-14-36-24-15-19(10-12-21(24)28)22-13-11-20(27(30-22)32-17(2)8-9-18(32)3)23(33)16-37(34,35)26-7-5-6-25(29)31-26;1-10-6-7-11(2)16(10)17-12(8-9-13(19)21-17)18(24)23-27(25,26)15-5-3-4-14(20)22-15;;;;;/h5-7,10-13,15,17-18H,4,8-9,14,16H2,1-3H3,(H2,29,31);3-5,8-11,16H,6-7H2,1-2H3,(H2,20,22)(H,23,24);5*1H/t17-,18+;10-,11+,16?;;;;;. The molecule has 5 atom stereocenters. The van der Waals surface area contributed by atoms with Crippen LogP contribution in [0.15, 0.2) is 88.9 Å². The number of sulfone groups is 1. The molecule has 64 heavy (non-hydrogen) atoms. The number of sulfonamides is 1. The molecule has 0 bridgehead atoms. The highest BCUT2D eigenvalue weighted by Crippen LogP contribution is 2.44. The summed E-state index contributed by atoms with van der Waals surface area (Å²) in [5.74, 6) is -0.193. The Bertz CT molecular complexity index is 2770. The maximum atomic E-state index is 13.4. The van der Waals surface area contributed by atoms with E-state index in [1.807, 2.05) is 19.1 Å². The Morgan fingerprint density at radius 1 is 0.781 bits per heavy atom. The van der Waals surface area contributed by atoms with Crippen LogP contribution < -0.4 is 25.8 Å². The van der Waals surface area contributed by atoms with Crippen LogP contribution >= 0.6 is 23.2 Å². The number of hydrogen-bond acceptors (Lipinski definition) is 14. The molecule has 350 valence electrons. The fourth-order valence-corrected chi connectivity index (χ4v) is 10.7. The number of aromatic nitrogens is 4. The first-order valence-electron chi connectivity index (χ1n) is 21.0. The van der Waals surface area contributed by atoms with Gasteiger partial charge in [0.2, 0.25) is 9.84 Å². The third-order valence-electron chi connectivity index (χ3n) is 11.4. The Labute approximate surface area is 391 Å². The van der Waals surface area contributed by atoms with Crippen molar-refractivity contribution in [1.29, 1.82) is 0 Å². The van der Waals surface area contributed by atoms with Crippen LogP contribution in [0.3, 0.4) is 0 Å². The lowest BCUT2D eigenvalue weighted by molar-refractivity contribution is 0.0977. The molecule has 5 heterocycles. The van der Waals surface area contributed by atoms with Gasteiger partial charge in [-0.3, -0.25) is 9.59 Å². The molecule has 1 aliphatic carbocycles. The van der Waals surface area contributed by atoms with E-state index in [4.69, 9.17) is 44.4 Å². The van der Waals surface area contributed by atoms with E-state index in [9.17, 15) is 26.4 Å².